The first kappa shape index (κ1) is 20.0. The zero-order chi connectivity index (χ0) is 19.8. The van der Waals surface area contributed by atoms with Crippen molar-refractivity contribution < 1.29 is 14.3 Å². The molecule has 7 heteroatoms. The van der Waals surface area contributed by atoms with Gasteiger partial charge < -0.3 is 20.3 Å². The summed E-state index contributed by atoms with van der Waals surface area (Å²) >= 11 is 5.83. The molecule has 1 aliphatic heterocycles. The van der Waals surface area contributed by atoms with Crippen molar-refractivity contribution in [3.8, 4) is 5.75 Å². The minimum Gasteiger partial charge on any atom is -0.492 e. The number of nitrogens with zero attached hydrogens (tertiary/aromatic N) is 1. The molecule has 2 N–H and O–H groups in total. The number of nitrogens with one attached hydrogen (secondary N) is 2. The lowest BCUT2D eigenvalue weighted by atomic mass is 9.97. The number of anilines is 1. The molecule has 0 spiro atoms. The lowest BCUT2D eigenvalue weighted by Gasteiger charge is -2.32. The van der Waals surface area contributed by atoms with Gasteiger partial charge in [-0.1, -0.05) is 29.8 Å². The first-order chi connectivity index (χ1) is 13.6. The van der Waals surface area contributed by atoms with Gasteiger partial charge in [0.25, 0.3) is 0 Å². The molecule has 1 aliphatic rings. The van der Waals surface area contributed by atoms with Crippen LogP contribution in [0.4, 0.5) is 10.5 Å². The fourth-order valence-corrected chi connectivity index (χ4v) is 3.24. The van der Waals surface area contributed by atoms with E-state index in [1.807, 2.05) is 30.3 Å². The maximum atomic E-state index is 12.4. The van der Waals surface area contributed by atoms with Gasteiger partial charge >= 0.3 is 6.03 Å². The number of rotatable bonds is 6. The van der Waals surface area contributed by atoms with E-state index in [1.165, 1.54) is 0 Å². The SMILES string of the molecule is O=C(NCCOc1ccc(Cl)cc1)[C@@H]1CCCN(C(=O)Nc2ccccc2)C1. The average molecular weight is 402 g/mol. The van der Waals surface area contributed by atoms with Crippen molar-refractivity contribution >= 4 is 29.2 Å². The summed E-state index contributed by atoms with van der Waals surface area (Å²) in [5, 5.41) is 6.42. The minimum absolute atomic E-state index is 0.0445. The summed E-state index contributed by atoms with van der Waals surface area (Å²) in [6.45, 7) is 1.86. The van der Waals surface area contributed by atoms with Crippen molar-refractivity contribution in [2.75, 3.05) is 31.6 Å². The second-order valence-electron chi connectivity index (χ2n) is 6.67. The second-order valence-corrected chi connectivity index (χ2v) is 7.11. The van der Waals surface area contributed by atoms with Crippen LogP contribution in [-0.4, -0.2) is 43.1 Å². The van der Waals surface area contributed by atoms with Crippen molar-refractivity contribution in [1.82, 2.24) is 10.2 Å². The number of halogens is 1. The molecule has 2 aromatic rings. The Bertz CT molecular complexity index is 783. The molecule has 0 saturated carbocycles. The van der Waals surface area contributed by atoms with E-state index in [9.17, 15) is 9.59 Å². The number of benzene rings is 2. The molecule has 2 aromatic carbocycles. The van der Waals surface area contributed by atoms with Gasteiger partial charge in [-0.05, 0) is 49.2 Å². The molecule has 3 rings (SSSR count). The Labute approximate surface area is 169 Å². The van der Waals surface area contributed by atoms with E-state index in [1.54, 1.807) is 29.2 Å². The van der Waals surface area contributed by atoms with Gasteiger partial charge in [-0.3, -0.25) is 4.79 Å². The normalized spacial score (nSPS) is 16.3. The highest BCUT2D eigenvalue weighted by molar-refractivity contribution is 6.30. The fourth-order valence-electron chi connectivity index (χ4n) is 3.12. The molecule has 0 bridgehead atoms. The first-order valence-electron chi connectivity index (χ1n) is 9.39. The van der Waals surface area contributed by atoms with Crippen LogP contribution in [0.5, 0.6) is 5.75 Å². The van der Waals surface area contributed by atoms with Crippen molar-refractivity contribution in [2.24, 2.45) is 5.92 Å². The van der Waals surface area contributed by atoms with E-state index in [0.29, 0.717) is 37.0 Å². The number of amides is 3. The third-order valence-corrected chi connectivity index (χ3v) is 4.84. The predicted molar refractivity (Wildman–Crippen MR) is 110 cm³/mol. The highest BCUT2D eigenvalue weighted by Crippen LogP contribution is 2.18. The van der Waals surface area contributed by atoms with Gasteiger partial charge in [-0.2, -0.15) is 0 Å². The van der Waals surface area contributed by atoms with Gasteiger partial charge in [0, 0.05) is 23.8 Å². The van der Waals surface area contributed by atoms with Crippen LogP contribution in [0.1, 0.15) is 12.8 Å². The van der Waals surface area contributed by atoms with E-state index < -0.39 is 0 Å². The summed E-state index contributed by atoms with van der Waals surface area (Å²) in [6.07, 6.45) is 1.58. The Morgan fingerprint density at radius 2 is 1.86 bits per heavy atom. The maximum absolute atomic E-state index is 12.4. The monoisotopic (exact) mass is 401 g/mol. The smallest absolute Gasteiger partial charge is 0.321 e. The van der Waals surface area contributed by atoms with E-state index in [0.717, 1.165) is 18.5 Å². The average Bonchev–Trinajstić information content (AvgIpc) is 2.73. The van der Waals surface area contributed by atoms with Crippen LogP contribution >= 0.6 is 11.6 Å². The van der Waals surface area contributed by atoms with Crippen LogP contribution in [-0.2, 0) is 4.79 Å². The third kappa shape index (κ3) is 5.89. The zero-order valence-electron chi connectivity index (χ0n) is 15.6. The van der Waals surface area contributed by atoms with E-state index >= 15 is 0 Å². The van der Waals surface area contributed by atoms with Crippen molar-refractivity contribution in [3.63, 3.8) is 0 Å². The molecule has 28 heavy (non-hydrogen) atoms. The van der Waals surface area contributed by atoms with Gasteiger partial charge in [0.1, 0.15) is 12.4 Å². The molecule has 1 heterocycles. The summed E-state index contributed by atoms with van der Waals surface area (Å²) in [5.74, 6) is 0.461. The van der Waals surface area contributed by atoms with Crippen LogP contribution < -0.4 is 15.4 Å². The molecular weight excluding hydrogens is 378 g/mol. The van der Waals surface area contributed by atoms with Crippen molar-refractivity contribution in [2.45, 2.75) is 12.8 Å². The molecule has 1 fully saturated rings. The number of likely N-dealkylation sites (tertiary alicyclic amines) is 1. The Kier molecular flexibility index (Phi) is 7.14. The molecule has 3 amide bonds. The number of piperidine rings is 1. The molecule has 0 aromatic heterocycles. The van der Waals surface area contributed by atoms with Crippen molar-refractivity contribution in [1.29, 1.82) is 0 Å². The van der Waals surface area contributed by atoms with Crippen LogP contribution in [0.15, 0.2) is 54.6 Å². The summed E-state index contributed by atoms with van der Waals surface area (Å²) in [5.41, 5.74) is 0.749. The van der Waals surface area contributed by atoms with Gasteiger partial charge in [0.2, 0.25) is 5.91 Å². The van der Waals surface area contributed by atoms with Crippen LogP contribution in [0.3, 0.4) is 0 Å². The number of para-hydroxylation sites is 1. The number of carbonyl (C=O) groups excluding carboxylic acids is 2. The molecule has 0 radical (unpaired) electrons. The fraction of sp³-hybridized carbons (Fsp3) is 0.333. The van der Waals surface area contributed by atoms with Crippen LogP contribution in [0, 0.1) is 5.92 Å². The number of carbonyl (C=O) groups is 2. The third-order valence-electron chi connectivity index (χ3n) is 4.59. The predicted octanol–water partition coefficient (Wildman–Crippen LogP) is 3.78. The standard InChI is InChI=1S/C21H24ClN3O3/c22-17-8-10-19(11-9-17)28-14-12-23-20(26)16-5-4-13-25(15-16)21(27)24-18-6-2-1-3-7-18/h1-3,6-11,16H,4-5,12-15H2,(H,23,26)(H,24,27)/t16-/m1/s1. The lowest BCUT2D eigenvalue weighted by Crippen LogP contribution is -2.47. The number of urea groups is 1. The molecule has 6 nitrogen and oxygen atoms in total. The summed E-state index contributed by atoms with van der Waals surface area (Å²) in [7, 11) is 0. The Balaban J connectivity index is 1.41. The quantitative estimate of drug-likeness (QED) is 0.723. The highest BCUT2D eigenvalue weighted by Gasteiger charge is 2.28. The summed E-state index contributed by atoms with van der Waals surface area (Å²) in [6, 6.07) is 16.2. The highest BCUT2D eigenvalue weighted by atomic mass is 35.5. The molecule has 0 aliphatic carbocycles. The van der Waals surface area contributed by atoms with Crippen molar-refractivity contribution in [3.05, 3.63) is 59.6 Å². The maximum Gasteiger partial charge on any atom is 0.321 e. The minimum atomic E-state index is -0.203. The van der Waals surface area contributed by atoms with E-state index in [-0.39, 0.29) is 17.9 Å². The van der Waals surface area contributed by atoms with Gasteiger partial charge in [-0.15, -0.1) is 0 Å². The number of ether oxygens (including phenoxy) is 1. The number of hydrogen-bond donors (Lipinski definition) is 2. The zero-order valence-corrected chi connectivity index (χ0v) is 16.3. The second kappa shape index (κ2) is 9.99. The van der Waals surface area contributed by atoms with Gasteiger partial charge in [0.15, 0.2) is 0 Å². The van der Waals surface area contributed by atoms with Gasteiger partial charge in [0.05, 0.1) is 12.5 Å². The van der Waals surface area contributed by atoms with Gasteiger partial charge in [-0.25, -0.2) is 4.79 Å². The van der Waals surface area contributed by atoms with Crippen LogP contribution in [0.25, 0.3) is 0 Å². The topological polar surface area (TPSA) is 70.7 Å². The number of hydrogen-bond acceptors (Lipinski definition) is 3. The molecule has 1 saturated heterocycles. The molecular formula is C21H24ClN3O3. The Hall–Kier alpha value is -2.73. The lowest BCUT2D eigenvalue weighted by molar-refractivity contribution is -0.126. The molecule has 1 atom stereocenters. The molecule has 148 valence electrons. The summed E-state index contributed by atoms with van der Waals surface area (Å²) < 4.78 is 5.58. The Morgan fingerprint density at radius 1 is 1.11 bits per heavy atom. The van der Waals surface area contributed by atoms with Crippen LogP contribution in [0.2, 0.25) is 5.02 Å². The largest absolute Gasteiger partial charge is 0.492 e. The first-order valence-corrected chi connectivity index (χ1v) is 9.76. The Morgan fingerprint density at radius 3 is 2.61 bits per heavy atom. The molecule has 0 unspecified atom stereocenters. The van der Waals surface area contributed by atoms with E-state index in [2.05, 4.69) is 10.6 Å². The summed E-state index contributed by atoms with van der Waals surface area (Å²) in [4.78, 5) is 26.6. The van der Waals surface area contributed by atoms with E-state index in [4.69, 9.17) is 16.3 Å².